The van der Waals surface area contributed by atoms with Gasteiger partial charge in [-0.3, -0.25) is 4.79 Å². The summed E-state index contributed by atoms with van der Waals surface area (Å²) in [5.74, 6) is 0.413. The minimum Gasteiger partial charge on any atom is -0.327 e. The number of nitrogens with two attached hydrogens (primary N) is 1. The SMILES string of the molecule is Cc1cc(C)cc(CC(=O)C2CCCC2N)c1. The highest BCUT2D eigenvalue weighted by atomic mass is 16.1. The molecule has 1 aliphatic carbocycles. The Kier molecular flexibility index (Phi) is 3.63. The van der Waals surface area contributed by atoms with Gasteiger partial charge in [-0.25, -0.2) is 0 Å². The van der Waals surface area contributed by atoms with Crippen molar-refractivity contribution < 1.29 is 4.79 Å². The Bertz CT molecular complexity index is 405. The van der Waals surface area contributed by atoms with Gasteiger partial charge in [-0.05, 0) is 32.3 Å². The second kappa shape index (κ2) is 5.01. The monoisotopic (exact) mass is 231 g/mol. The summed E-state index contributed by atoms with van der Waals surface area (Å²) in [6.45, 7) is 4.14. The molecule has 0 amide bonds. The van der Waals surface area contributed by atoms with Crippen LogP contribution in [0.1, 0.15) is 36.0 Å². The summed E-state index contributed by atoms with van der Waals surface area (Å²) >= 11 is 0. The Balaban J connectivity index is 2.07. The van der Waals surface area contributed by atoms with Gasteiger partial charge in [0.1, 0.15) is 5.78 Å². The first-order valence-electron chi connectivity index (χ1n) is 6.42. The third kappa shape index (κ3) is 2.95. The molecule has 2 unspecified atom stereocenters. The van der Waals surface area contributed by atoms with Crippen molar-refractivity contribution in [3.05, 3.63) is 34.9 Å². The highest BCUT2D eigenvalue weighted by Crippen LogP contribution is 2.26. The van der Waals surface area contributed by atoms with Crippen molar-refractivity contribution in [2.24, 2.45) is 11.7 Å². The minimum absolute atomic E-state index is 0.0911. The maximum atomic E-state index is 12.2. The molecule has 92 valence electrons. The number of hydrogen-bond donors (Lipinski definition) is 1. The van der Waals surface area contributed by atoms with Gasteiger partial charge in [0.05, 0.1) is 0 Å². The fourth-order valence-corrected chi connectivity index (χ4v) is 2.89. The topological polar surface area (TPSA) is 43.1 Å². The number of carbonyl (C=O) groups is 1. The highest BCUT2D eigenvalue weighted by Gasteiger charge is 2.29. The van der Waals surface area contributed by atoms with E-state index in [-0.39, 0.29) is 12.0 Å². The summed E-state index contributed by atoms with van der Waals surface area (Å²) < 4.78 is 0. The Hall–Kier alpha value is -1.15. The summed E-state index contributed by atoms with van der Waals surface area (Å²) in [4.78, 5) is 12.2. The van der Waals surface area contributed by atoms with E-state index in [1.807, 2.05) is 0 Å². The average molecular weight is 231 g/mol. The standard InChI is InChI=1S/C15H21NO/c1-10-6-11(2)8-12(7-10)9-15(17)13-4-3-5-14(13)16/h6-8,13-14H,3-5,9,16H2,1-2H3. The lowest BCUT2D eigenvalue weighted by molar-refractivity contribution is -0.122. The van der Waals surface area contributed by atoms with Crippen molar-refractivity contribution in [1.29, 1.82) is 0 Å². The number of rotatable bonds is 3. The molecule has 1 aromatic rings. The van der Waals surface area contributed by atoms with Gasteiger partial charge in [-0.15, -0.1) is 0 Å². The third-order valence-electron chi connectivity index (χ3n) is 3.64. The van der Waals surface area contributed by atoms with Crippen LogP contribution in [0, 0.1) is 19.8 Å². The molecule has 2 N–H and O–H groups in total. The van der Waals surface area contributed by atoms with Crippen LogP contribution in [0.4, 0.5) is 0 Å². The smallest absolute Gasteiger partial charge is 0.141 e. The number of benzene rings is 1. The summed E-state index contributed by atoms with van der Waals surface area (Å²) in [5.41, 5.74) is 9.55. The quantitative estimate of drug-likeness (QED) is 0.868. The summed E-state index contributed by atoms with van der Waals surface area (Å²) in [6.07, 6.45) is 3.62. The lowest BCUT2D eigenvalue weighted by Crippen LogP contribution is -2.31. The molecule has 1 saturated carbocycles. The third-order valence-corrected chi connectivity index (χ3v) is 3.64. The van der Waals surface area contributed by atoms with Crippen molar-refractivity contribution in [2.45, 2.75) is 45.6 Å². The van der Waals surface area contributed by atoms with E-state index in [4.69, 9.17) is 5.73 Å². The minimum atomic E-state index is 0.0911. The van der Waals surface area contributed by atoms with Crippen LogP contribution in [0.25, 0.3) is 0 Å². The van der Waals surface area contributed by atoms with Gasteiger partial charge in [-0.1, -0.05) is 35.7 Å². The van der Waals surface area contributed by atoms with Crippen LogP contribution in [-0.4, -0.2) is 11.8 Å². The lowest BCUT2D eigenvalue weighted by atomic mass is 9.93. The zero-order valence-corrected chi connectivity index (χ0v) is 10.7. The predicted octanol–water partition coefficient (Wildman–Crippen LogP) is 2.54. The van der Waals surface area contributed by atoms with Gasteiger partial charge in [0.2, 0.25) is 0 Å². The maximum absolute atomic E-state index is 12.2. The van der Waals surface area contributed by atoms with Gasteiger partial charge in [-0.2, -0.15) is 0 Å². The van der Waals surface area contributed by atoms with Crippen molar-refractivity contribution in [1.82, 2.24) is 0 Å². The van der Waals surface area contributed by atoms with Crippen LogP contribution in [0.5, 0.6) is 0 Å². The van der Waals surface area contributed by atoms with Crippen LogP contribution in [-0.2, 0) is 11.2 Å². The number of carbonyl (C=O) groups excluding carboxylic acids is 1. The van der Waals surface area contributed by atoms with E-state index in [0.717, 1.165) is 24.8 Å². The van der Waals surface area contributed by atoms with Crippen LogP contribution in [0.3, 0.4) is 0 Å². The molecule has 17 heavy (non-hydrogen) atoms. The number of Topliss-reactive ketones (excluding diaryl/α,β-unsaturated/α-hetero) is 1. The Morgan fingerprint density at radius 2 is 1.88 bits per heavy atom. The molecule has 2 atom stereocenters. The summed E-state index contributed by atoms with van der Waals surface area (Å²) in [6, 6.07) is 6.43. The van der Waals surface area contributed by atoms with Crippen molar-refractivity contribution in [3.63, 3.8) is 0 Å². The molecule has 0 aliphatic heterocycles. The van der Waals surface area contributed by atoms with Gasteiger partial charge in [0.25, 0.3) is 0 Å². The second-order valence-electron chi connectivity index (χ2n) is 5.34. The van der Waals surface area contributed by atoms with E-state index in [1.165, 1.54) is 11.1 Å². The molecule has 0 heterocycles. The molecule has 0 saturated heterocycles. The average Bonchev–Trinajstić information content (AvgIpc) is 2.62. The molecule has 2 rings (SSSR count). The normalized spacial score (nSPS) is 23.9. The number of aryl methyl sites for hydroxylation is 2. The molecule has 0 aromatic heterocycles. The molecule has 0 spiro atoms. The Morgan fingerprint density at radius 1 is 1.24 bits per heavy atom. The first-order valence-corrected chi connectivity index (χ1v) is 6.42. The van der Waals surface area contributed by atoms with Gasteiger partial charge >= 0.3 is 0 Å². The van der Waals surface area contributed by atoms with Crippen LogP contribution >= 0.6 is 0 Å². The molecule has 1 aliphatic rings. The molecule has 2 nitrogen and oxygen atoms in total. The molecule has 2 heteroatoms. The van der Waals surface area contributed by atoms with Gasteiger partial charge in [0, 0.05) is 18.4 Å². The first kappa shape index (κ1) is 12.3. The van der Waals surface area contributed by atoms with Gasteiger partial charge < -0.3 is 5.73 Å². The second-order valence-corrected chi connectivity index (χ2v) is 5.34. The first-order chi connectivity index (χ1) is 8.06. The number of hydrogen-bond acceptors (Lipinski definition) is 2. The van der Waals surface area contributed by atoms with E-state index in [0.29, 0.717) is 12.2 Å². The van der Waals surface area contributed by atoms with Gasteiger partial charge in [0.15, 0.2) is 0 Å². The van der Waals surface area contributed by atoms with E-state index >= 15 is 0 Å². The zero-order valence-electron chi connectivity index (χ0n) is 10.7. The molecule has 0 radical (unpaired) electrons. The molecular weight excluding hydrogens is 210 g/mol. The van der Waals surface area contributed by atoms with Crippen molar-refractivity contribution in [2.75, 3.05) is 0 Å². The fraction of sp³-hybridized carbons (Fsp3) is 0.533. The van der Waals surface area contributed by atoms with E-state index in [2.05, 4.69) is 32.0 Å². The summed E-state index contributed by atoms with van der Waals surface area (Å²) in [5, 5.41) is 0. The molecular formula is C15H21NO. The number of ketones is 1. The zero-order chi connectivity index (χ0) is 12.4. The van der Waals surface area contributed by atoms with E-state index in [9.17, 15) is 4.79 Å². The lowest BCUT2D eigenvalue weighted by Gasteiger charge is -2.14. The molecule has 1 fully saturated rings. The fourth-order valence-electron chi connectivity index (χ4n) is 2.89. The highest BCUT2D eigenvalue weighted by molar-refractivity contribution is 5.84. The molecule has 0 bridgehead atoms. The van der Waals surface area contributed by atoms with E-state index in [1.54, 1.807) is 0 Å². The maximum Gasteiger partial charge on any atom is 0.141 e. The summed E-state index contributed by atoms with van der Waals surface area (Å²) in [7, 11) is 0. The van der Waals surface area contributed by atoms with Crippen LogP contribution < -0.4 is 5.73 Å². The van der Waals surface area contributed by atoms with E-state index < -0.39 is 0 Å². The van der Waals surface area contributed by atoms with Crippen molar-refractivity contribution in [3.8, 4) is 0 Å². The molecule has 1 aromatic carbocycles. The van der Waals surface area contributed by atoms with Crippen LogP contribution in [0.15, 0.2) is 18.2 Å². The van der Waals surface area contributed by atoms with Crippen molar-refractivity contribution >= 4 is 5.78 Å². The Morgan fingerprint density at radius 3 is 2.41 bits per heavy atom. The predicted molar refractivity (Wildman–Crippen MR) is 69.9 cm³/mol. The largest absolute Gasteiger partial charge is 0.327 e. The van der Waals surface area contributed by atoms with Crippen LogP contribution in [0.2, 0.25) is 0 Å². The Labute approximate surface area is 103 Å².